The van der Waals surface area contributed by atoms with Crippen molar-refractivity contribution in [2.45, 2.75) is 12.6 Å². The van der Waals surface area contributed by atoms with Gasteiger partial charge in [0.1, 0.15) is 12.6 Å². The van der Waals surface area contributed by atoms with E-state index in [9.17, 15) is 9.59 Å². The van der Waals surface area contributed by atoms with Gasteiger partial charge in [-0.25, -0.2) is 4.79 Å². The lowest BCUT2D eigenvalue weighted by Crippen LogP contribution is -2.44. The summed E-state index contributed by atoms with van der Waals surface area (Å²) in [5.74, 6) is -1.79. The number of aliphatic carboxylic acids is 1. The molecule has 0 aromatic carbocycles. The van der Waals surface area contributed by atoms with Crippen LogP contribution in [0.3, 0.4) is 0 Å². The van der Waals surface area contributed by atoms with Crippen LogP contribution >= 0.6 is 0 Å². The fourth-order valence-electron chi connectivity index (χ4n) is 0.967. The Morgan fingerprint density at radius 2 is 2.27 bits per heavy atom. The Hall–Kier alpha value is -1.89. The van der Waals surface area contributed by atoms with Crippen LogP contribution in [0.25, 0.3) is 0 Å². The Balaban J connectivity index is 2.45. The first-order valence-electron chi connectivity index (χ1n) is 4.24. The molecular formula is C8H11N3O4. The Bertz CT molecular complexity index is 336. The van der Waals surface area contributed by atoms with Crippen molar-refractivity contribution in [3.05, 3.63) is 18.5 Å². The van der Waals surface area contributed by atoms with Crippen LogP contribution in [0.4, 0.5) is 0 Å². The smallest absolute Gasteiger partial charge is 0.328 e. The number of carboxylic acids is 1. The molecule has 1 heterocycles. The lowest BCUT2D eigenvalue weighted by molar-refractivity contribution is -0.143. The largest absolute Gasteiger partial charge is 0.480 e. The molecule has 0 radical (unpaired) electrons. The van der Waals surface area contributed by atoms with Crippen molar-refractivity contribution in [1.29, 1.82) is 0 Å². The first kappa shape index (κ1) is 11.2. The van der Waals surface area contributed by atoms with Crippen LogP contribution < -0.4 is 5.32 Å². The van der Waals surface area contributed by atoms with E-state index < -0.39 is 24.5 Å². The lowest BCUT2D eigenvalue weighted by Gasteiger charge is -2.11. The second-order valence-corrected chi connectivity index (χ2v) is 2.84. The molecule has 7 nitrogen and oxygen atoms in total. The number of aromatic nitrogens is 2. The lowest BCUT2D eigenvalue weighted by atomic mass is 10.3. The highest BCUT2D eigenvalue weighted by Crippen LogP contribution is 1.87. The van der Waals surface area contributed by atoms with Gasteiger partial charge in [0.25, 0.3) is 0 Å². The number of amides is 1. The highest BCUT2D eigenvalue weighted by Gasteiger charge is 2.18. The molecule has 0 spiro atoms. The first-order chi connectivity index (χ1) is 7.13. The molecule has 0 fully saturated rings. The molecule has 0 bridgehead atoms. The molecule has 3 N–H and O–H groups in total. The fourth-order valence-corrected chi connectivity index (χ4v) is 0.967. The molecule has 1 rings (SSSR count). The zero-order valence-electron chi connectivity index (χ0n) is 7.83. The molecule has 7 heteroatoms. The molecule has 1 aromatic rings. The Labute approximate surface area is 85.3 Å². The number of aliphatic hydroxyl groups is 1. The molecule has 0 aliphatic carbocycles. The Morgan fingerprint density at radius 3 is 2.73 bits per heavy atom. The average molecular weight is 213 g/mol. The maximum atomic E-state index is 11.2. The molecule has 1 unspecified atom stereocenters. The number of nitrogens with one attached hydrogen (secondary N) is 1. The van der Waals surface area contributed by atoms with Gasteiger partial charge in [-0.05, 0) is 6.07 Å². The average Bonchev–Trinajstić information content (AvgIpc) is 2.66. The van der Waals surface area contributed by atoms with Crippen LogP contribution in [-0.4, -0.2) is 44.5 Å². The molecular weight excluding hydrogens is 202 g/mol. The zero-order chi connectivity index (χ0) is 11.3. The molecule has 1 atom stereocenters. The van der Waals surface area contributed by atoms with Gasteiger partial charge in [0, 0.05) is 12.4 Å². The number of carboxylic acid groups (broad SMARTS) is 1. The SMILES string of the molecule is O=C(Cn1cccn1)NC(CO)C(=O)O. The van der Waals surface area contributed by atoms with Crippen LogP contribution in [-0.2, 0) is 16.1 Å². The van der Waals surface area contributed by atoms with E-state index in [4.69, 9.17) is 10.2 Å². The molecule has 1 aromatic heterocycles. The summed E-state index contributed by atoms with van der Waals surface area (Å²) < 4.78 is 1.35. The molecule has 1 amide bonds. The minimum Gasteiger partial charge on any atom is -0.480 e. The minimum absolute atomic E-state index is 0.0726. The van der Waals surface area contributed by atoms with E-state index in [2.05, 4.69) is 10.4 Å². The number of carbonyl (C=O) groups is 2. The summed E-state index contributed by atoms with van der Waals surface area (Å²) >= 11 is 0. The number of rotatable bonds is 5. The molecule has 82 valence electrons. The second kappa shape index (κ2) is 5.11. The monoisotopic (exact) mass is 213 g/mol. The molecule has 0 aliphatic heterocycles. The van der Waals surface area contributed by atoms with E-state index in [-0.39, 0.29) is 6.54 Å². The van der Waals surface area contributed by atoms with Crippen molar-refractivity contribution in [3.63, 3.8) is 0 Å². The van der Waals surface area contributed by atoms with Crippen molar-refractivity contribution in [3.8, 4) is 0 Å². The fraction of sp³-hybridized carbons (Fsp3) is 0.375. The van der Waals surface area contributed by atoms with Gasteiger partial charge in [-0.3, -0.25) is 9.48 Å². The van der Waals surface area contributed by atoms with Gasteiger partial charge in [0.15, 0.2) is 0 Å². The third-order valence-corrected chi connectivity index (χ3v) is 1.68. The van der Waals surface area contributed by atoms with E-state index >= 15 is 0 Å². The number of hydrogen-bond donors (Lipinski definition) is 3. The number of carbonyl (C=O) groups excluding carboxylic acids is 1. The number of hydrogen-bond acceptors (Lipinski definition) is 4. The van der Waals surface area contributed by atoms with Crippen LogP contribution in [0, 0.1) is 0 Å². The van der Waals surface area contributed by atoms with Crippen molar-refractivity contribution in [2.24, 2.45) is 0 Å². The first-order valence-corrected chi connectivity index (χ1v) is 4.24. The van der Waals surface area contributed by atoms with E-state index in [1.54, 1.807) is 12.3 Å². The van der Waals surface area contributed by atoms with Crippen LogP contribution in [0.1, 0.15) is 0 Å². The van der Waals surface area contributed by atoms with Crippen molar-refractivity contribution in [2.75, 3.05) is 6.61 Å². The topological polar surface area (TPSA) is 104 Å². The van der Waals surface area contributed by atoms with Crippen molar-refractivity contribution < 1.29 is 19.8 Å². The zero-order valence-corrected chi connectivity index (χ0v) is 7.83. The van der Waals surface area contributed by atoms with Gasteiger partial charge < -0.3 is 15.5 Å². The highest BCUT2D eigenvalue weighted by molar-refractivity contribution is 5.83. The third kappa shape index (κ3) is 3.39. The van der Waals surface area contributed by atoms with E-state index in [1.165, 1.54) is 10.9 Å². The van der Waals surface area contributed by atoms with E-state index in [1.807, 2.05) is 0 Å². The van der Waals surface area contributed by atoms with Crippen LogP contribution in [0.5, 0.6) is 0 Å². The number of aliphatic hydroxyl groups excluding tert-OH is 1. The third-order valence-electron chi connectivity index (χ3n) is 1.68. The van der Waals surface area contributed by atoms with Gasteiger partial charge in [-0.2, -0.15) is 5.10 Å². The summed E-state index contributed by atoms with van der Waals surface area (Å²) in [6.07, 6.45) is 3.09. The summed E-state index contributed by atoms with van der Waals surface area (Å²) in [6.45, 7) is -0.711. The van der Waals surface area contributed by atoms with Gasteiger partial charge >= 0.3 is 5.97 Å². The Kier molecular flexibility index (Phi) is 3.81. The molecule has 0 saturated carbocycles. The predicted octanol–water partition coefficient (Wildman–Crippen LogP) is -1.56. The standard InChI is InChI=1S/C8H11N3O4/c12-5-6(8(14)15)10-7(13)4-11-3-1-2-9-11/h1-3,6,12H,4-5H2,(H,10,13)(H,14,15). The second-order valence-electron chi connectivity index (χ2n) is 2.84. The van der Waals surface area contributed by atoms with Gasteiger partial charge in [-0.15, -0.1) is 0 Å². The maximum absolute atomic E-state index is 11.2. The van der Waals surface area contributed by atoms with Gasteiger partial charge in [-0.1, -0.05) is 0 Å². The molecule has 0 saturated heterocycles. The molecule has 15 heavy (non-hydrogen) atoms. The van der Waals surface area contributed by atoms with Crippen LogP contribution in [0.15, 0.2) is 18.5 Å². The predicted molar refractivity (Wildman–Crippen MR) is 48.9 cm³/mol. The quantitative estimate of drug-likeness (QED) is 0.549. The summed E-state index contributed by atoms with van der Waals surface area (Å²) in [5.41, 5.74) is 0. The maximum Gasteiger partial charge on any atom is 0.328 e. The number of nitrogens with zero attached hydrogens (tertiary/aromatic N) is 2. The summed E-state index contributed by atoms with van der Waals surface area (Å²) in [7, 11) is 0. The van der Waals surface area contributed by atoms with E-state index in [0.717, 1.165) is 0 Å². The minimum atomic E-state index is -1.27. The summed E-state index contributed by atoms with van der Waals surface area (Å²) in [4.78, 5) is 21.7. The van der Waals surface area contributed by atoms with Crippen LogP contribution in [0.2, 0.25) is 0 Å². The van der Waals surface area contributed by atoms with Gasteiger partial charge in [0.2, 0.25) is 5.91 Å². The molecule has 0 aliphatic rings. The van der Waals surface area contributed by atoms with Crippen molar-refractivity contribution >= 4 is 11.9 Å². The van der Waals surface area contributed by atoms with Crippen molar-refractivity contribution in [1.82, 2.24) is 15.1 Å². The summed E-state index contributed by atoms with van der Waals surface area (Å²) in [6, 6.07) is 0.377. The summed E-state index contributed by atoms with van der Waals surface area (Å²) in [5, 5.41) is 23.1. The van der Waals surface area contributed by atoms with Gasteiger partial charge in [0.05, 0.1) is 6.61 Å². The Morgan fingerprint density at radius 1 is 1.53 bits per heavy atom. The highest BCUT2D eigenvalue weighted by atomic mass is 16.4. The van der Waals surface area contributed by atoms with E-state index in [0.29, 0.717) is 0 Å². The normalized spacial score (nSPS) is 12.1.